The Balaban J connectivity index is 0.984. The van der Waals surface area contributed by atoms with Gasteiger partial charge in [-0.2, -0.15) is 0 Å². The molecule has 12 aromatic rings. The minimum Gasteiger partial charge on any atom is -0.455 e. The molecule has 10 aromatic carbocycles. The van der Waals surface area contributed by atoms with Gasteiger partial charge in [0.25, 0.3) is 0 Å². The minimum atomic E-state index is 0.877. The van der Waals surface area contributed by atoms with Crippen molar-refractivity contribution < 1.29 is 4.42 Å². The standard InChI is InChI=1S/C56H36OS/c1-34-18-22-38(23-19-34)41-27-29-44-50(33-41)58-56-48-17-9-14-45-52(48)51-46(54(44)56)15-8-16-47(51)55-53(45)43-28-26-40(32-49(43)57-55)39-24-20-36(21-25-39)31-42(37-12-6-3-7-13-37)30-35-10-4-2-5-11-35/h2-29,31-33H,30H2,1H3. The smallest absolute Gasteiger partial charge is 0.143 e. The van der Waals surface area contributed by atoms with Gasteiger partial charge in [-0.3, -0.25) is 0 Å². The van der Waals surface area contributed by atoms with Crippen molar-refractivity contribution in [3.63, 3.8) is 0 Å². The molecule has 12 rings (SSSR count). The number of furan rings is 1. The summed E-state index contributed by atoms with van der Waals surface area (Å²) in [6, 6.07) is 66.6. The van der Waals surface area contributed by atoms with Crippen LogP contribution in [0.1, 0.15) is 22.3 Å². The third-order valence-electron chi connectivity index (χ3n) is 12.1. The zero-order valence-corrected chi connectivity index (χ0v) is 32.7. The Hall–Kier alpha value is -7.00. The third-order valence-corrected chi connectivity index (χ3v) is 13.3. The molecule has 1 nitrogen and oxygen atoms in total. The van der Waals surface area contributed by atoms with E-state index in [0.29, 0.717) is 0 Å². The normalized spacial score (nSPS) is 12.4. The van der Waals surface area contributed by atoms with Crippen LogP contribution in [0.3, 0.4) is 0 Å². The molecule has 0 saturated heterocycles. The Morgan fingerprint density at radius 2 is 1.09 bits per heavy atom. The first-order valence-corrected chi connectivity index (χ1v) is 20.8. The summed E-state index contributed by atoms with van der Waals surface area (Å²) in [5, 5.41) is 12.7. The van der Waals surface area contributed by atoms with Gasteiger partial charge in [-0.05, 0) is 92.2 Å². The summed E-state index contributed by atoms with van der Waals surface area (Å²) in [7, 11) is 0. The number of allylic oxidation sites excluding steroid dienone is 1. The lowest BCUT2D eigenvalue weighted by molar-refractivity contribution is 0.673. The molecule has 0 aliphatic carbocycles. The van der Waals surface area contributed by atoms with Crippen LogP contribution in [-0.2, 0) is 6.42 Å². The first-order chi connectivity index (χ1) is 28.6. The second-order valence-electron chi connectivity index (χ2n) is 15.7. The Labute approximate surface area is 340 Å². The van der Waals surface area contributed by atoms with Crippen LogP contribution < -0.4 is 0 Å². The number of hydrogen-bond acceptors (Lipinski definition) is 2. The van der Waals surface area contributed by atoms with Gasteiger partial charge in [-0.1, -0.05) is 175 Å². The second-order valence-corrected chi connectivity index (χ2v) is 16.7. The molecule has 0 aliphatic heterocycles. The summed E-state index contributed by atoms with van der Waals surface area (Å²) >= 11 is 1.92. The van der Waals surface area contributed by atoms with Gasteiger partial charge in [0, 0.05) is 47.1 Å². The van der Waals surface area contributed by atoms with E-state index < -0.39 is 0 Å². The molecule has 0 atom stereocenters. The fraction of sp³-hybridized carbons (Fsp3) is 0.0357. The van der Waals surface area contributed by atoms with E-state index in [-0.39, 0.29) is 0 Å². The highest BCUT2D eigenvalue weighted by atomic mass is 32.1. The van der Waals surface area contributed by atoms with Crippen molar-refractivity contribution in [3.05, 3.63) is 204 Å². The third kappa shape index (κ3) is 5.22. The lowest BCUT2D eigenvalue weighted by Crippen LogP contribution is -1.91. The fourth-order valence-corrected chi connectivity index (χ4v) is 10.6. The molecule has 58 heavy (non-hydrogen) atoms. The Morgan fingerprint density at radius 3 is 1.84 bits per heavy atom. The van der Waals surface area contributed by atoms with Crippen LogP contribution in [0.4, 0.5) is 0 Å². The molecule has 272 valence electrons. The minimum absolute atomic E-state index is 0.877. The molecular weight excluding hydrogens is 721 g/mol. The number of aryl methyl sites for hydroxylation is 1. The highest BCUT2D eigenvalue weighted by Gasteiger charge is 2.23. The Morgan fingerprint density at radius 1 is 0.483 bits per heavy atom. The lowest BCUT2D eigenvalue weighted by Gasteiger charge is -2.13. The highest BCUT2D eigenvalue weighted by Crippen LogP contribution is 2.51. The van der Waals surface area contributed by atoms with Gasteiger partial charge in [0.05, 0.1) is 0 Å². The molecule has 0 spiro atoms. The fourth-order valence-electron chi connectivity index (χ4n) is 9.33. The number of benzene rings is 10. The van der Waals surface area contributed by atoms with Crippen LogP contribution in [-0.4, -0.2) is 0 Å². The summed E-state index contributed by atoms with van der Waals surface area (Å²) in [4.78, 5) is 0. The molecule has 0 radical (unpaired) electrons. The highest BCUT2D eigenvalue weighted by molar-refractivity contribution is 7.27. The van der Waals surface area contributed by atoms with Crippen LogP contribution in [0.2, 0.25) is 0 Å². The predicted molar refractivity (Wildman–Crippen MR) is 250 cm³/mol. The largest absolute Gasteiger partial charge is 0.455 e. The first-order valence-electron chi connectivity index (χ1n) is 20.0. The van der Waals surface area contributed by atoms with Gasteiger partial charge in [-0.25, -0.2) is 0 Å². The Kier molecular flexibility index (Phi) is 7.45. The van der Waals surface area contributed by atoms with Crippen molar-refractivity contribution >= 4 is 97.4 Å². The zero-order valence-electron chi connectivity index (χ0n) is 31.9. The van der Waals surface area contributed by atoms with Crippen LogP contribution >= 0.6 is 11.3 Å². The topological polar surface area (TPSA) is 13.1 Å². The van der Waals surface area contributed by atoms with Crippen LogP contribution in [0.5, 0.6) is 0 Å². The van der Waals surface area contributed by atoms with E-state index in [4.69, 9.17) is 4.42 Å². The maximum Gasteiger partial charge on any atom is 0.143 e. The molecule has 0 saturated carbocycles. The summed E-state index contributed by atoms with van der Waals surface area (Å²) in [5.41, 5.74) is 13.0. The molecule has 0 aliphatic rings. The van der Waals surface area contributed by atoms with E-state index in [1.807, 2.05) is 11.3 Å². The van der Waals surface area contributed by atoms with E-state index in [1.165, 1.54) is 102 Å². The van der Waals surface area contributed by atoms with Crippen LogP contribution in [0.15, 0.2) is 186 Å². The van der Waals surface area contributed by atoms with Crippen molar-refractivity contribution in [2.75, 3.05) is 0 Å². The average Bonchev–Trinajstić information content (AvgIpc) is 3.86. The maximum absolute atomic E-state index is 6.96. The molecule has 2 aromatic heterocycles. The lowest BCUT2D eigenvalue weighted by atomic mass is 9.89. The van der Waals surface area contributed by atoms with Crippen molar-refractivity contribution in [1.82, 2.24) is 0 Å². The Bertz CT molecular complexity index is 3550. The second kappa shape index (κ2) is 13.0. The SMILES string of the molecule is Cc1ccc(-c2ccc3c(c2)sc2c4cccc5c6c7ccc(-c8ccc(C=C(Cc9ccccc9)c9ccccc9)cc8)cc7oc6c6cccc(c32)c6c45)cc1. The first kappa shape index (κ1) is 33.2. The molecule has 0 bridgehead atoms. The molecule has 0 fully saturated rings. The average molecular weight is 757 g/mol. The van der Waals surface area contributed by atoms with E-state index in [1.54, 1.807) is 0 Å². The van der Waals surface area contributed by atoms with Gasteiger partial charge in [-0.15, -0.1) is 11.3 Å². The maximum atomic E-state index is 6.96. The number of thiophene rings is 1. The zero-order chi connectivity index (χ0) is 38.3. The monoisotopic (exact) mass is 756 g/mol. The van der Waals surface area contributed by atoms with Crippen molar-refractivity contribution in [1.29, 1.82) is 0 Å². The van der Waals surface area contributed by atoms with Gasteiger partial charge >= 0.3 is 0 Å². The van der Waals surface area contributed by atoms with Crippen LogP contribution in [0.25, 0.3) is 108 Å². The quantitative estimate of drug-likeness (QED) is 0.122. The molecule has 0 amide bonds. The van der Waals surface area contributed by atoms with E-state index in [9.17, 15) is 0 Å². The van der Waals surface area contributed by atoms with Crippen molar-refractivity contribution in [2.24, 2.45) is 0 Å². The van der Waals surface area contributed by atoms with E-state index >= 15 is 0 Å². The van der Waals surface area contributed by atoms with Crippen molar-refractivity contribution in [3.8, 4) is 22.3 Å². The predicted octanol–water partition coefficient (Wildman–Crippen LogP) is 16.3. The van der Waals surface area contributed by atoms with Gasteiger partial charge in [0.1, 0.15) is 11.2 Å². The van der Waals surface area contributed by atoms with E-state index in [0.717, 1.165) is 28.5 Å². The van der Waals surface area contributed by atoms with E-state index in [2.05, 4.69) is 195 Å². The summed E-state index contributed by atoms with van der Waals surface area (Å²) < 4.78 is 9.63. The summed E-state index contributed by atoms with van der Waals surface area (Å²) in [6.07, 6.45) is 3.20. The molecule has 0 N–H and O–H groups in total. The molecule has 2 heteroatoms. The summed E-state index contributed by atoms with van der Waals surface area (Å²) in [6.45, 7) is 2.14. The van der Waals surface area contributed by atoms with Gasteiger partial charge < -0.3 is 4.42 Å². The van der Waals surface area contributed by atoms with Gasteiger partial charge in [0.2, 0.25) is 0 Å². The molecular formula is C56H36OS. The van der Waals surface area contributed by atoms with Gasteiger partial charge in [0.15, 0.2) is 0 Å². The van der Waals surface area contributed by atoms with Crippen LogP contribution in [0, 0.1) is 6.92 Å². The van der Waals surface area contributed by atoms with Crippen molar-refractivity contribution in [2.45, 2.75) is 13.3 Å². The number of fused-ring (bicyclic) bond motifs is 10. The summed E-state index contributed by atoms with van der Waals surface area (Å²) in [5.74, 6) is 0. The number of rotatable bonds is 6. The number of hydrogen-bond donors (Lipinski definition) is 0. The molecule has 2 heterocycles. The molecule has 0 unspecified atom stereocenters.